The Morgan fingerprint density at radius 1 is 1.39 bits per heavy atom. The van der Waals surface area contributed by atoms with Crippen molar-refractivity contribution in [3.8, 4) is 5.75 Å². The lowest BCUT2D eigenvalue weighted by atomic mass is 10.1. The van der Waals surface area contributed by atoms with E-state index >= 15 is 0 Å². The van der Waals surface area contributed by atoms with Gasteiger partial charge in [0.2, 0.25) is 0 Å². The average molecular weight is 310 g/mol. The number of rotatable bonds is 5. The monoisotopic (exact) mass is 309 g/mol. The first-order valence-electron chi connectivity index (χ1n) is 5.82. The van der Waals surface area contributed by atoms with Crippen molar-refractivity contribution < 1.29 is 9.15 Å². The number of furan rings is 1. The third kappa shape index (κ3) is 3.15. The standard InChI is InChI=1S/C14H16BrNO2/c1-10(16-2)11-5-6-14(13(15)8-11)18-9-12-4-3-7-17-12/h3-8,10,16H,9H2,1-2H3. The molecule has 1 aromatic carbocycles. The van der Waals surface area contributed by atoms with Crippen molar-refractivity contribution in [2.75, 3.05) is 7.05 Å². The molecule has 0 fully saturated rings. The predicted octanol–water partition coefficient (Wildman–Crippen LogP) is 3.90. The van der Waals surface area contributed by atoms with E-state index in [1.54, 1.807) is 6.26 Å². The minimum absolute atomic E-state index is 0.320. The van der Waals surface area contributed by atoms with Crippen LogP contribution >= 0.6 is 15.9 Å². The summed E-state index contributed by atoms with van der Waals surface area (Å²) in [6.07, 6.45) is 1.64. The zero-order valence-corrected chi connectivity index (χ0v) is 12.0. The molecule has 1 aromatic heterocycles. The van der Waals surface area contributed by atoms with Gasteiger partial charge < -0.3 is 14.5 Å². The molecule has 18 heavy (non-hydrogen) atoms. The summed E-state index contributed by atoms with van der Waals surface area (Å²) >= 11 is 3.53. The third-order valence-electron chi connectivity index (χ3n) is 2.84. The van der Waals surface area contributed by atoms with Crippen molar-refractivity contribution >= 4 is 15.9 Å². The normalized spacial score (nSPS) is 12.4. The molecule has 0 amide bonds. The van der Waals surface area contributed by atoms with E-state index in [2.05, 4.69) is 40.3 Å². The largest absolute Gasteiger partial charge is 0.484 e. The predicted molar refractivity (Wildman–Crippen MR) is 74.7 cm³/mol. The summed E-state index contributed by atoms with van der Waals surface area (Å²) in [5.74, 6) is 1.63. The van der Waals surface area contributed by atoms with Crippen LogP contribution in [0.2, 0.25) is 0 Å². The molecule has 0 aliphatic carbocycles. The molecule has 1 heterocycles. The summed E-state index contributed by atoms with van der Waals surface area (Å²) in [6.45, 7) is 2.55. The van der Waals surface area contributed by atoms with Gasteiger partial charge in [-0.05, 0) is 59.7 Å². The first kappa shape index (κ1) is 13.2. The molecule has 0 saturated heterocycles. The van der Waals surface area contributed by atoms with Crippen LogP contribution in [0.15, 0.2) is 45.5 Å². The third-order valence-corrected chi connectivity index (χ3v) is 3.46. The molecule has 0 aliphatic heterocycles. The average Bonchev–Trinajstić information content (AvgIpc) is 2.89. The van der Waals surface area contributed by atoms with Gasteiger partial charge in [0, 0.05) is 6.04 Å². The van der Waals surface area contributed by atoms with Crippen LogP contribution in [0.1, 0.15) is 24.3 Å². The number of ether oxygens (including phenoxy) is 1. The molecule has 4 heteroatoms. The van der Waals surface area contributed by atoms with E-state index in [9.17, 15) is 0 Å². The van der Waals surface area contributed by atoms with Crippen LogP contribution in [0.4, 0.5) is 0 Å². The highest BCUT2D eigenvalue weighted by Gasteiger charge is 2.07. The van der Waals surface area contributed by atoms with Crippen LogP contribution in [-0.2, 0) is 6.61 Å². The molecule has 0 saturated carbocycles. The summed E-state index contributed by atoms with van der Waals surface area (Å²) in [4.78, 5) is 0. The van der Waals surface area contributed by atoms with E-state index < -0.39 is 0 Å². The van der Waals surface area contributed by atoms with Crippen molar-refractivity contribution in [3.63, 3.8) is 0 Å². The van der Waals surface area contributed by atoms with Gasteiger partial charge in [0.15, 0.2) is 0 Å². The lowest BCUT2D eigenvalue weighted by Gasteiger charge is -2.13. The van der Waals surface area contributed by atoms with Crippen LogP contribution in [0, 0.1) is 0 Å². The highest BCUT2D eigenvalue weighted by atomic mass is 79.9. The maximum absolute atomic E-state index is 5.69. The van der Waals surface area contributed by atoms with Gasteiger partial charge in [-0.3, -0.25) is 0 Å². The molecule has 1 N–H and O–H groups in total. The van der Waals surface area contributed by atoms with Crippen molar-refractivity contribution in [2.24, 2.45) is 0 Å². The molecule has 0 radical (unpaired) electrons. The summed E-state index contributed by atoms with van der Waals surface area (Å²) in [5.41, 5.74) is 1.22. The SMILES string of the molecule is CNC(C)c1ccc(OCc2ccco2)c(Br)c1. The molecule has 0 aliphatic rings. The Morgan fingerprint density at radius 3 is 2.83 bits per heavy atom. The van der Waals surface area contributed by atoms with E-state index in [0.29, 0.717) is 12.6 Å². The second-order valence-corrected chi connectivity index (χ2v) is 4.92. The fraction of sp³-hybridized carbons (Fsp3) is 0.286. The fourth-order valence-electron chi connectivity index (χ4n) is 1.61. The van der Waals surface area contributed by atoms with Crippen LogP contribution in [0.5, 0.6) is 5.75 Å². The van der Waals surface area contributed by atoms with Crippen LogP contribution in [0.3, 0.4) is 0 Å². The summed E-state index contributed by atoms with van der Waals surface area (Å²) in [6, 6.07) is 10.2. The van der Waals surface area contributed by atoms with E-state index in [1.807, 2.05) is 25.2 Å². The van der Waals surface area contributed by atoms with Gasteiger partial charge in [-0.2, -0.15) is 0 Å². The highest BCUT2D eigenvalue weighted by molar-refractivity contribution is 9.10. The van der Waals surface area contributed by atoms with E-state index in [-0.39, 0.29) is 0 Å². The molecule has 3 nitrogen and oxygen atoms in total. The van der Waals surface area contributed by atoms with Crippen LogP contribution in [0.25, 0.3) is 0 Å². The molecule has 2 aromatic rings. The molecule has 1 atom stereocenters. The Balaban J connectivity index is 2.05. The van der Waals surface area contributed by atoms with Crippen molar-refractivity contribution in [1.82, 2.24) is 5.32 Å². The molecule has 0 spiro atoms. The maximum Gasteiger partial charge on any atom is 0.146 e. The van der Waals surface area contributed by atoms with Gasteiger partial charge in [-0.15, -0.1) is 0 Å². The quantitative estimate of drug-likeness (QED) is 0.909. The Bertz CT molecular complexity index is 497. The van der Waals surface area contributed by atoms with Gasteiger partial charge in [0.1, 0.15) is 18.1 Å². The molecule has 96 valence electrons. The minimum Gasteiger partial charge on any atom is -0.484 e. The molecule has 0 bridgehead atoms. The number of nitrogens with one attached hydrogen (secondary N) is 1. The number of benzene rings is 1. The van der Waals surface area contributed by atoms with Gasteiger partial charge in [0.25, 0.3) is 0 Å². The Kier molecular flexibility index (Phi) is 4.44. The Morgan fingerprint density at radius 2 is 2.22 bits per heavy atom. The minimum atomic E-state index is 0.320. The van der Waals surface area contributed by atoms with E-state index in [4.69, 9.17) is 9.15 Å². The second-order valence-electron chi connectivity index (χ2n) is 4.07. The fourth-order valence-corrected chi connectivity index (χ4v) is 2.12. The molecular weight excluding hydrogens is 294 g/mol. The lowest BCUT2D eigenvalue weighted by molar-refractivity contribution is 0.268. The molecular formula is C14H16BrNO2. The molecule has 1 unspecified atom stereocenters. The number of hydrogen-bond donors (Lipinski definition) is 1. The second kappa shape index (κ2) is 6.07. The topological polar surface area (TPSA) is 34.4 Å². The highest BCUT2D eigenvalue weighted by Crippen LogP contribution is 2.28. The first-order valence-corrected chi connectivity index (χ1v) is 6.62. The summed E-state index contributed by atoms with van der Waals surface area (Å²) < 4.78 is 11.9. The van der Waals surface area contributed by atoms with Crippen LogP contribution < -0.4 is 10.1 Å². The van der Waals surface area contributed by atoms with E-state index in [1.165, 1.54) is 5.56 Å². The van der Waals surface area contributed by atoms with Gasteiger partial charge in [-0.1, -0.05) is 6.07 Å². The van der Waals surface area contributed by atoms with Crippen LogP contribution in [-0.4, -0.2) is 7.05 Å². The Labute approximate surface area is 115 Å². The van der Waals surface area contributed by atoms with Crippen molar-refractivity contribution in [2.45, 2.75) is 19.6 Å². The smallest absolute Gasteiger partial charge is 0.146 e. The first-order chi connectivity index (χ1) is 8.70. The number of hydrogen-bond acceptors (Lipinski definition) is 3. The molecule has 2 rings (SSSR count). The maximum atomic E-state index is 5.69. The lowest BCUT2D eigenvalue weighted by Crippen LogP contribution is -2.12. The summed E-state index contributed by atoms with van der Waals surface area (Å²) in [5, 5.41) is 3.21. The van der Waals surface area contributed by atoms with Gasteiger partial charge in [-0.25, -0.2) is 0 Å². The van der Waals surface area contributed by atoms with Crippen molar-refractivity contribution in [1.29, 1.82) is 0 Å². The number of halogens is 1. The zero-order chi connectivity index (χ0) is 13.0. The zero-order valence-electron chi connectivity index (χ0n) is 10.4. The van der Waals surface area contributed by atoms with Gasteiger partial charge in [0.05, 0.1) is 10.7 Å². The Hall–Kier alpha value is -1.26. The van der Waals surface area contributed by atoms with Crippen molar-refractivity contribution in [3.05, 3.63) is 52.4 Å². The van der Waals surface area contributed by atoms with E-state index in [0.717, 1.165) is 16.0 Å². The van der Waals surface area contributed by atoms with Gasteiger partial charge >= 0.3 is 0 Å². The summed E-state index contributed by atoms with van der Waals surface area (Å²) in [7, 11) is 1.94.